The smallest absolute Gasteiger partial charge is 0.0789 e. The fraction of sp³-hybridized carbons (Fsp3) is 0.636. The maximum atomic E-state index is 9.50. The van der Waals surface area contributed by atoms with Crippen LogP contribution in [-0.4, -0.2) is 35.7 Å². The summed E-state index contributed by atoms with van der Waals surface area (Å²) < 4.78 is 0. The minimum Gasteiger partial charge on any atom is -0.390 e. The zero-order chi connectivity index (χ0) is 10.8. The molecule has 1 aliphatic rings. The molecule has 0 aliphatic carbocycles. The zero-order valence-electron chi connectivity index (χ0n) is 9.07. The van der Waals surface area contributed by atoms with Crippen LogP contribution in [-0.2, 0) is 13.0 Å². The third-order valence-electron chi connectivity index (χ3n) is 2.98. The number of hydrogen-bond donors (Lipinski definition) is 2. The quantitative estimate of drug-likeness (QED) is 0.799. The van der Waals surface area contributed by atoms with Crippen LogP contribution in [0.2, 0.25) is 0 Å². The number of aryl methyl sites for hydroxylation is 1. The van der Waals surface area contributed by atoms with Crippen LogP contribution >= 0.6 is 11.3 Å². The summed E-state index contributed by atoms with van der Waals surface area (Å²) in [5.74, 6) is 0. The number of aliphatic hydroxyl groups is 1. The summed E-state index contributed by atoms with van der Waals surface area (Å²) in [6, 6.07) is 0. The van der Waals surface area contributed by atoms with Gasteiger partial charge in [-0.1, -0.05) is 0 Å². The van der Waals surface area contributed by atoms with Crippen LogP contribution in [0.4, 0.5) is 0 Å². The SMILES string of the molecule is Cc1csc2c1CCN(C[C@@H](O)CN)C2. The summed E-state index contributed by atoms with van der Waals surface area (Å²) in [4.78, 5) is 3.75. The molecule has 0 saturated carbocycles. The van der Waals surface area contributed by atoms with E-state index >= 15 is 0 Å². The lowest BCUT2D eigenvalue weighted by atomic mass is 10.0. The molecular weight excluding hydrogens is 208 g/mol. The van der Waals surface area contributed by atoms with Gasteiger partial charge in [-0.3, -0.25) is 4.90 Å². The van der Waals surface area contributed by atoms with Crippen LogP contribution < -0.4 is 5.73 Å². The highest BCUT2D eigenvalue weighted by Gasteiger charge is 2.20. The molecule has 2 heterocycles. The van der Waals surface area contributed by atoms with Gasteiger partial charge in [-0.25, -0.2) is 0 Å². The van der Waals surface area contributed by atoms with Crippen LogP contribution in [0.1, 0.15) is 16.0 Å². The van der Waals surface area contributed by atoms with E-state index in [1.54, 1.807) is 0 Å². The molecule has 0 spiro atoms. The summed E-state index contributed by atoms with van der Waals surface area (Å²) in [6.45, 7) is 5.26. The number of aliphatic hydroxyl groups excluding tert-OH is 1. The second kappa shape index (κ2) is 4.61. The van der Waals surface area contributed by atoms with Gasteiger partial charge in [-0.05, 0) is 29.9 Å². The summed E-state index contributed by atoms with van der Waals surface area (Å²) in [5, 5.41) is 11.7. The molecule has 0 saturated heterocycles. The van der Waals surface area contributed by atoms with Gasteiger partial charge in [-0.15, -0.1) is 11.3 Å². The van der Waals surface area contributed by atoms with Crippen molar-refractivity contribution in [3.63, 3.8) is 0 Å². The fourth-order valence-corrected chi connectivity index (χ4v) is 3.20. The number of hydrogen-bond acceptors (Lipinski definition) is 4. The Balaban J connectivity index is 2.00. The molecule has 0 unspecified atom stereocenters. The van der Waals surface area contributed by atoms with Crippen molar-refractivity contribution in [1.82, 2.24) is 4.90 Å². The average molecular weight is 226 g/mol. The largest absolute Gasteiger partial charge is 0.390 e. The molecule has 0 amide bonds. The van der Waals surface area contributed by atoms with E-state index in [2.05, 4.69) is 17.2 Å². The maximum absolute atomic E-state index is 9.50. The molecule has 4 heteroatoms. The molecule has 1 aromatic heterocycles. The molecule has 3 N–H and O–H groups in total. The standard InChI is InChI=1S/C11H18N2OS/c1-8-7-15-11-6-13(3-2-10(8)11)5-9(14)4-12/h7,9,14H,2-6,12H2,1H3/t9-/m0/s1. The van der Waals surface area contributed by atoms with E-state index in [1.807, 2.05) is 11.3 Å². The average Bonchev–Trinajstić information content (AvgIpc) is 2.60. The Morgan fingerprint density at radius 2 is 2.47 bits per heavy atom. The van der Waals surface area contributed by atoms with Crippen LogP contribution in [0.5, 0.6) is 0 Å². The van der Waals surface area contributed by atoms with Gasteiger partial charge in [-0.2, -0.15) is 0 Å². The van der Waals surface area contributed by atoms with E-state index in [4.69, 9.17) is 5.73 Å². The predicted octanol–water partition coefficient (Wildman–Crippen LogP) is 0.734. The van der Waals surface area contributed by atoms with Gasteiger partial charge >= 0.3 is 0 Å². The van der Waals surface area contributed by atoms with Crippen LogP contribution in [0.3, 0.4) is 0 Å². The van der Waals surface area contributed by atoms with Crippen LogP contribution in [0, 0.1) is 6.92 Å². The maximum Gasteiger partial charge on any atom is 0.0789 e. The van der Waals surface area contributed by atoms with E-state index in [-0.39, 0.29) is 6.10 Å². The Morgan fingerprint density at radius 3 is 3.20 bits per heavy atom. The zero-order valence-corrected chi connectivity index (χ0v) is 9.89. The first-order valence-electron chi connectivity index (χ1n) is 5.37. The summed E-state index contributed by atoms with van der Waals surface area (Å²) in [7, 11) is 0. The third kappa shape index (κ3) is 2.39. The molecule has 84 valence electrons. The van der Waals surface area contributed by atoms with E-state index in [9.17, 15) is 5.11 Å². The number of nitrogens with zero attached hydrogens (tertiary/aromatic N) is 1. The van der Waals surface area contributed by atoms with Gasteiger partial charge in [0.15, 0.2) is 0 Å². The summed E-state index contributed by atoms with van der Waals surface area (Å²) >= 11 is 1.84. The van der Waals surface area contributed by atoms with Gasteiger partial charge in [0.1, 0.15) is 0 Å². The van der Waals surface area contributed by atoms with E-state index < -0.39 is 0 Å². The van der Waals surface area contributed by atoms with Crippen molar-refractivity contribution < 1.29 is 5.11 Å². The molecule has 0 fully saturated rings. The highest BCUT2D eigenvalue weighted by molar-refractivity contribution is 7.10. The molecule has 3 nitrogen and oxygen atoms in total. The molecule has 0 radical (unpaired) electrons. The highest BCUT2D eigenvalue weighted by Crippen LogP contribution is 2.27. The second-order valence-corrected chi connectivity index (χ2v) is 5.16. The number of β-amino-alcohol motifs (C(OH)–C–C–N with tert-alkyl or cyclic N) is 1. The second-order valence-electron chi connectivity index (χ2n) is 4.20. The van der Waals surface area contributed by atoms with Gasteiger partial charge in [0.05, 0.1) is 6.10 Å². The lowest BCUT2D eigenvalue weighted by Crippen LogP contribution is -2.39. The molecule has 2 rings (SSSR count). The first-order chi connectivity index (χ1) is 7.20. The van der Waals surface area contributed by atoms with E-state index in [0.717, 1.165) is 19.5 Å². The molecule has 1 aliphatic heterocycles. The molecule has 0 aromatic carbocycles. The number of nitrogens with two attached hydrogens (primary N) is 1. The molecule has 0 bridgehead atoms. The Morgan fingerprint density at radius 1 is 1.67 bits per heavy atom. The van der Waals surface area contributed by atoms with Crippen molar-refractivity contribution >= 4 is 11.3 Å². The number of rotatable bonds is 3. The Bertz CT molecular complexity index is 337. The normalized spacial score (nSPS) is 18.9. The molecular formula is C11H18N2OS. The van der Waals surface area contributed by atoms with Crippen molar-refractivity contribution in [2.45, 2.75) is 26.0 Å². The van der Waals surface area contributed by atoms with Crippen LogP contribution in [0.25, 0.3) is 0 Å². The van der Waals surface area contributed by atoms with Crippen molar-refractivity contribution in [1.29, 1.82) is 0 Å². The Kier molecular flexibility index (Phi) is 3.41. The van der Waals surface area contributed by atoms with Crippen LogP contribution in [0.15, 0.2) is 5.38 Å². The topological polar surface area (TPSA) is 49.5 Å². The fourth-order valence-electron chi connectivity index (χ4n) is 2.07. The van der Waals surface area contributed by atoms with E-state index in [1.165, 1.54) is 16.0 Å². The van der Waals surface area contributed by atoms with Gasteiger partial charge in [0, 0.05) is 31.1 Å². The molecule has 15 heavy (non-hydrogen) atoms. The number of thiophene rings is 1. The van der Waals surface area contributed by atoms with Gasteiger partial charge in [0.25, 0.3) is 0 Å². The van der Waals surface area contributed by atoms with Crippen molar-refractivity contribution in [2.24, 2.45) is 5.73 Å². The van der Waals surface area contributed by atoms with Gasteiger partial charge in [0.2, 0.25) is 0 Å². The first kappa shape index (κ1) is 11.1. The van der Waals surface area contributed by atoms with Crippen molar-refractivity contribution in [3.05, 3.63) is 21.4 Å². The lowest BCUT2D eigenvalue weighted by molar-refractivity contribution is 0.112. The Hall–Kier alpha value is -0.420. The van der Waals surface area contributed by atoms with Gasteiger partial charge < -0.3 is 10.8 Å². The molecule has 1 aromatic rings. The first-order valence-corrected chi connectivity index (χ1v) is 6.25. The van der Waals surface area contributed by atoms with Crippen molar-refractivity contribution in [3.8, 4) is 0 Å². The van der Waals surface area contributed by atoms with Crippen molar-refractivity contribution in [2.75, 3.05) is 19.6 Å². The number of fused-ring (bicyclic) bond motifs is 1. The monoisotopic (exact) mass is 226 g/mol. The summed E-state index contributed by atoms with van der Waals surface area (Å²) in [6.07, 6.45) is 0.731. The summed E-state index contributed by atoms with van der Waals surface area (Å²) in [5.41, 5.74) is 8.37. The Labute approximate surface area is 94.5 Å². The molecule has 1 atom stereocenters. The highest BCUT2D eigenvalue weighted by atomic mass is 32.1. The third-order valence-corrected chi connectivity index (χ3v) is 4.11. The lowest BCUT2D eigenvalue weighted by Gasteiger charge is -2.28. The predicted molar refractivity (Wildman–Crippen MR) is 63.1 cm³/mol. The minimum absolute atomic E-state index is 0.354. The minimum atomic E-state index is -0.382. The van der Waals surface area contributed by atoms with E-state index in [0.29, 0.717) is 13.1 Å².